The Hall–Kier alpha value is -1.80. The standard InChI is InChI=1S/C21H23F3N2O2.2ClH/c22-21(23,24)28-20-9-5-4-8-18(20)19(27)10-11-25-12-14-26(15-13-25)16-17-6-2-1-3-7-17;;/h1-9H,10-16H2;2*1H. The highest BCUT2D eigenvalue weighted by Crippen LogP contribution is 2.27. The van der Waals surface area contributed by atoms with E-state index in [1.807, 2.05) is 18.2 Å². The number of piperazine rings is 1. The summed E-state index contributed by atoms with van der Waals surface area (Å²) < 4.78 is 41.5. The zero-order chi connectivity index (χ0) is 20.0. The summed E-state index contributed by atoms with van der Waals surface area (Å²) in [6.07, 6.45) is -4.65. The summed E-state index contributed by atoms with van der Waals surface area (Å²) in [6, 6.07) is 15.8. The number of hydrogen-bond acceptors (Lipinski definition) is 4. The highest BCUT2D eigenvalue weighted by Gasteiger charge is 2.32. The van der Waals surface area contributed by atoms with E-state index < -0.39 is 12.1 Å². The summed E-state index contributed by atoms with van der Waals surface area (Å²) in [5.74, 6) is -0.778. The Bertz CT molecular complexity index is 783. The van der Waals surface area contributed by atoms with E-state index in [-0.39, 0.29) is 42.6 Å². The number of halogens is 5. The Morgan fingerprint density at radius 2 is 1.43 bits per heavy atom. The van der Waals surface area contributed by atoms with E-state index in [9.17, 15) is 18.0 Å². The predicted molar refractivity (Wildman–Crippen MR) is 115 cm³/mol. The third kappa shape index (κ3) is 8.14. The molecule has 0 N–H and O–H groups in total. The summed E-state index contributed by atoms with van der Waals surface area (Å²) in [5, 5.41) is 0. The van der Waals surface area contributed by atoms with E-state index in [1.165, 1.54) is 23.8 Å². The van der Waals surface area contributed by atoms with Crippen LogP contribution in [0.3, 0.4) is 0 Å². The van der Waals surface area contributed by atoms with Crippen LogP contribution in [0.5, 0.6) is 5.75 Å². The summed E-state index contributed by atoms with van der Waals surface area (Å²) in [5.41, 5.74) is 1.25. The van der Waals surface area contributed by atoms with E-state index in [4.69, 9.17) is 0 Å². The van der Waals surface area contributed by atoms with Gasteiger partial charge in [-0.1, -0.05) is 42.5 Å². The molecule has 0 saturated carbocycles. The SMILES string of the molecule is Cl.Cl.O=C(CCN1CCN(Cc2ccccc2)CC1)c1ccccc1OC(F)(F)F. The van der Waals surface area contributed by atoms with Crippen molar-refractivity contribution in [2.24, 2.45) is 0 Å². The van der Waals surface area contributed by atoms with Crippen molar-refractivity contribution in [2.75, 3.05) is 32.7 Å². The molecule has 4 nitrogen and oxygen atoms in total. The maximum absolute atomic E-state index is 12.5. The van der Waals surface area contributed by atoms with Gasteiger partial charge in [-0.25, -0.2) is 0 Å². The first-order valence-corrected chi connectivity index (χ1v) is 9.27. The molecule has 30 heavy (non-hydrogen) atoms. The molecule has 2 aromatic rings. The minimum absolute atomic E-state index is 0. The molecular weight excluding hydrogens is 440 g/mol. The first kappa shape index (κ1) is 26.2. The molecule has 0 radical (unpaired) electrons. The highest BCUT2D eigenvalue weighted by molar-refractivity contribution is 5.98. The first-order valence-electron chi connectivity index (χ1n) is 9.27. The van der Waals surface area contributed by atoms with Crippen molar-refractivity contribution in [3.8, 4) is 5.75 Å². The van der Waals surface area contributed by atoms with Gasteiger partial charge in [0.1, 0.15) is 5.75 Å². The molecule has 1 aliphatic heterocycles. The summed E-state index contributed by atoms with van der Waals surface area (Å²) >= 11 is 0. The number of ketones is 1. The lowest BCUT2D eigenvalue weighted by molar-refractivity contribution is -0.274. The van der Waals surface area contributed by atoms with Crippen LogP contribution in [0.2, 0.25) is 0 Å². The Morgan fingerprint density at radius 1 is 0.867 bits per heavy atom. The van der Waals surface area contributed by atoms with Crippen LogP contribution in [0.1, 0.15) is 22.3 Å². The Morgan fingerprint density at radius 3 is 2.07 bits per heavy atom. The number of benzene rings is 2. The molecule has 0 aromatic heterocycles. The van der Waals surface area contributed by atoms with Gasteiger partial charge in [0.05, 0.1) is 5.56 Å². The molecule has 1 heterocycles. The average molecular weight is 465 g/mol. The van der Waals surface area contributed by atoms with Crippen LogP contribution in [-0.4, -0.2) is 54.7 Å². The lowest BCUT2D eigenvalue weighted by Gasteiger charge is -2.34. The van der Waals surface area contributed by atoms with Crippen molar-refractivity contribution >= 4 is 30.6 Å². The molecule has 0 spiro atoms. The zero-order valence-corrected chi connectivity index (χ0v) is 17.9. The van der Waals surface area contributed by atoms with E-state index in [1.54, 1.807) is 6.07 Å². The van der Waals surface area contributed by atoms with Crippen LogP contribution < -0.4 is 4.74 Å². The third-order valence-corrected chi connectivity index (χ3v) is 4.78. The van der Waals surface area contributed by atoms with Gasteiger partial charge < -0.3 is 9.64 Å². The molecule has 166 valence electrons. The van der Waals surface area contributed by atoms with Crippen molar-refractivity contribution < 1.29 is 22.7 Å². The topological polar surface area (TPSA) is 32.8 Å². The van der Waals surface area contributed by atoms with Gasteiger partial charge in [0.15, 0.2) is 5.78 Å². The van der Waals surface area contributed by atoms with Crippen LogP contribution in [-0.2, 0) is 6.54 Å². The van der Waals surface area contributed by atoms with Crippen molar-refractivity contribution in [1.82, 2.24) is 9.80 Å². The number of nitrogens with zero attached hydrogens (tertiary/aromatic N) is 2. The normalized spacial score (nSPS) is 15.0. The quantitative estimate of drug-likeness (QED) is 0.549. The summed E-state index contributed by atoms with van der Waals surface area (Å²) in [4.78, 5) is 16.9. The largest absolute Gasteiger partial charge is 0.573 e. The van der Waals surface area contributed by atoms with Crippen LogP contribution >= 0.6 is 24.8 Å². The van der Waals surface area contributed by atoms with Gasteiger partial charge >= 0.3 is 6.36 Å². The summed E-state index contributed by atoms with van der Waals surface area (Å²) in [6.45, 7) is 4.89. The highest BCUT2D eigenvalue weighted by atomic mass is 35.5. The second kappa shape index (κ2) is 12.2. The number of ether oxygens (including phenoxy) is 1. The van der Waals surface area contributed by atoms with Crippen LogP contribution in [0.15, 0.2) is 54.6 Å². The van der Waals surface area contributed by atoms with Crippen molar-refractivity contribution in [1.29, 1.82) is 0 Å². The zero-order valence-electron chi connectivity index (χ0n) is 16.3. The second-order valence-electron chi connectivity index (χ2n) is 6.82. The van der Waals surface area contributed by atoms with Crippen LogP contribution in [0, 0.1) is 0 Å². The molecule has 1 fully saturated rings. The number of Topliss-reactive ketones (excluding diaryl/α,β-unsaturated/α-hetero) is 1. The second-order valence-corrected chi connectivity index (χ2v) is 6.82. The molecule has 0 aliphatic carbocycles. The molecule has 9 heteroatoms. The lowest BCUT2D eigenvalue weighted by Crippen LogP contribution is -2.46. The monoisotopic (exact) mass is 464 g/mol. The van der Waals surface area contributed by atoms with Gasteiger partial charge in [-0.3, -0.25) is 9.69 Å². The van der Waals surface area contributed by atoms with Gasteiger partial charge in [-0.15, -0.1) is 38.0 Å². The molecule has 0 atom stereocenters. The molecule has 1 aliphatic rings. The van der Waals surface area contributed by atoms with E-state index in [0.29, 0.717) is 6.54 Å². The average Bonchev–Trinajstić information content (AvgIpc) is 2.67. The van der Waals surface area contributed by atoms with Gasteiger partial charge in [-0.2, -0.15) is 0 Å². The van der Waals surface area contributed by atoms with E-state index >= 15 is 0 Å². The number of alkyl halides is 3. The Labute approximate surface area is 186 Å². The number of carbonyl (C=O) groups excluding carboxylic acids is 1. The third-order valence-electron chi connectivity index (χ3n) is 4.78. The van der Waals surface area contributed by atoms with Crippen molar-refractivity contribution in [2.45, 2.75) is 19.3 Å². The number of carbonyl (C=O) groups is 1. The first-order chi connectivity index (χ1) is 13.4. The molecular formula is C21H25Cl2F3N2O2. The fraction of sp³-hybridized carbons (Fsp3) is 0.381. The summed E-state index contributed by atoms with van der Waals surface area (Å²) in [7, 11) is 0. The fourth-order valence-corrected chi connectivity index (χ4v) is 3.32. The van der Waals surface area contributed by atoms with Crippen LogP contribution in [0.25, 0.3) is 0 Å². The van der Waals surface area contributed by atoms with E-state index in [2.05, 4.69) is 26.7 Å². The van der Waals surface area contributed by atoms with Gasteiger partial charge in [0.25, 0.3) is 0 Å². The number of hydrogen-bond donors (Lipinski definition) is 0. The van der Waals surface area contributed by atoms with Crippen molar-refractivity contribution in [3.05, 3.63) is 65.7 Å². The maximum Gasteiger partial charge on any atom is 0.573 e. The fourth-order valence-electron chi connectivity index (χ4n) is 3.32. The van der Waals surface area contributed by atoms with Crippen LogP contribution in [0.4, 0.5) is 13.2 Å². The minimum Gasteiger partial charge on any atom is -0.405 e. The molecule has 0 amide bonds. The van der Waals surface area contributed by atoms with Gasteiger partial charge in [-0.05, 0) is 17.7 Å². The Balaban J connectivity index is 0.00000225. The molecule has 0 unspecified atom stereocenters. The molecule has 2 aromatic carbocycles. The maximum atomic E-state index is 12.5. The number of rotatable bonds is 7. The molecule has 1 saturated heterocycles. The smallest absolute Gasteiger partial charge is 0.405 e. The lowest BCUT2D eigenvalue weighted by atomic mass is 10.1. The molecule has 3 rings (SSSR count). The van der Waals surface area contributed by atoms with Gasteiger partial charge in [0, 0.05) is 45.7 Å². The Kier molecular flexibility index (Phi) is 10.6. The molecule has 0 bridgehead atoms. The van der Waals surface area contributed by atoms with E-state index in [0.717, 1.165) is 32.7 Å². The van der Waals surface area contributed by atoms with Crippen molar-refractivity contribution in [3.63, 3.8) is 0 Å². The van der Waals surface area contributed by atoms with Gasteiger partial charge in [0.2, 0.25) is 0 Å². The number of para-hydroxylation sites is 1. The predicted octanol–water partition coefficient (Wildman–Crippen LogP) is 4.82. The minimum atomic E-state index is -4.81.